The molecular formula is C32H22Cl2I2N4O2. The second kappa shape index (κ2) is 11.6. The fourth-order valence-electron chi connectivity index (χ4n) is 5.65. The van der Waals surface area contributed by atoms with Crippen molar-refractivity contribution in [1.82, 2.24) is 9.13 Å². The predicted octanol–water partition coefficient (Wildman–Crippen LogP) is 9.32. The number of halogens is 4. The van der Waals surface area contributed by atoms with Crippen molar-refractivity contribution in [3.8, 4) is 0 Å². The third kappa shape index (κ3) is 4.68. The van der Waals surface area contributed by atoms with Crippen molar-refractivity contribution in [3.05, 3.63) is 106 Å². The molecule has 1 aliphatic rings. The first-order valence-corrected chi connectivity index (χ1v) is 19.9. The lowest BCUT2D eigenvalue weighted by Gasteiger charge is -2.20. The molecule has 2 N–H and O–H groups in total. The number of anilines is 2. The second-order valence-corrected chi connectivity index (χ2v) is 10.7. The molecule has 7 rings (SSSR count). The highest BCUT2D eigenvalue weighted by Gasteiger charge is 2.34. The SMILES string of the molecule is Cn1c2ccccc2c2cc(NC3=C(Cl)C(=O)C(Nc4ccc5c(c4)c4ccccc4n5C)=C(Cl)C3=O)ccc21.II. The number of nitrogens with one attached hydrogen (secondary N) is 2. The van der Waals surface area contributed by atoms with E-state index in [0.29, 0.717) is 11.4 Å². The molecule has 2 heterocycles. The predicted molar refractivity (Wildman–Crippen MR) is 192 cm³/mol. The summed E-state index contributed by atoms with van der Waals surface area (Å²) in [4.78, 5) is 26.7. The van der Waals surface area contributed by atoms with Crippen LogP contribution in [-0.2, 0) is 23.7 Å². The summed E-state index contributed by atoms with van der Waals surface area (Å²) in [6.45, 7) is 0. The quantitative estimate of drug-likeness (QED) is 0.138. The Morgan fingerprint density at radius 3 is 1.31 bits per heavy atom. The zero-order valence-electron chi connectivity index (χ0n) is 22.3. The summed E-state index contributed by atoms with van der Waals surface area (Å²) in [6.07, 6.45) is 0. The van der Waals surface area contributed by atoms with Crippen LogP contribution in [0.1, 0.15) is 0 Å². The van der Waals surface area contributed by atoms with Gasteiger partial charge in [0.25, 0.3) is 0 Å². The molecule has 0 bridgehead atoms. The summed E-state index contributed by atoms with van der Waals surface area (Å²) in [5.74, 6) is -1.11. The molecule has 0 saturated heterocycles. The number of Topliss-reactive ketones (excluding diaryl/α,β-unsaturated/α-hetero) is 2. The van der Waals surface area contributed by atoms with Crippen molar-refractivity contribution in [1.29, 1.82) is 0 Å². The number of aromatic nitrogens is 2. The highest BCUT2D eigenvalue weighted by atomic mass is 128. The number of nitrogens with zero attached hydrogens (tertiary/aromatic N) is 2. The van der Waals surface area contributed by atoms with E-state index in [9.17, 15) is 9.59 Å². The summed E-state index contributed by atoms with van der Waals surface area (Å²) in [5, 5.41) is 9.88. The van der Waals surface area contributed by atoms with E-state index in [1.54, 1.807) is 0 Å². The van der Waals surface area contributed by atoms with Crippen LogP contribution >= 0.6 is 60.4 Å². The molecule has 0 unspecified atom stereocenters. The van der Waals surface area contributed by atoms with Gasteiger partial charge in [-0.25, -0.2) is 0 Å². The lowest BCUT2D eigenvalue weighted by Crippen LogP contribution is -2.27. The Morgan fingerprint density at radius 2 is 0.905 bits per heavy atom. The standard InChI is InChI=1S/C32H22Cl2N4O2.I2/c1-37-23-9-5-3-7-19(23)21-15-17(11-13-25(21)37)35-29-27(33)32(40)30(28(34)31(29)39)36-18-12-14-26-22(16-18)20-8-4-6-10-24(20)38(26)2;1-2/h3-16,35-36H,1-2H3;. The van der Waals surface area contributed by atoms with Crippen LogP contribution in [0, 0.1) is 0 Å². The van der Waals surface area contributed by atoms with E-state index < -0.39 is 11.6 Å². The molecule has 10 heteroatoms. The fraction of sp³-hybridized carbons (Fsp3) is 0.0625. The molecule has 0 amide bonds. The minimum absolute atomic E-state index is 0.0497. The van der Waals surface area contributed by atoms with Crippen LogP contribution in [0.3, 0.4) is 0 Å². The van der Waals surface area contributed by atoms with Crippen LogP contribution in [0.25, 0.3) is 43.6 Å². The first-order chi connectivity index (χ1) is 20.3. The van der Waals surface area contributed by atoms with Crippen LogP contribution in [0.4, 0.5) is 11.4 Å². The second-order valence-electron chi connectivity index (χ2n) is 9.90. The fourth-order valence-corrected chi connectivity index (χ4v) is 6.10. The number of carbonyl (C=O) groups is 2. The molecule has 0 radical (unpaired) electrons. The first-order valence-electron chi connectivity index (χ1n) is 12.8. The maximum absolute atomic E-state index is 13.4. The average Bonchev–Trinajstić information content (AvgIpc) is 3.48. The minimum Gasteiger partial charge on any atom is -0.351 e. The Kier molecular flexibility index (Phi) is 7.99. The summed E-state index contributed by atoms with van der Waals surface area (Å²) < 4.78 is 4.23. The van der Waals surface area contributed by atoms with Crippen molar-refractivity contribution in [2.75, 3.05) is 10.6 Å². The lowest BCUT2D eigenvalue weighted by atomic mass is 10.0. The molecule has 0 fully saturated rings. The number of rotatable bonds is 4. The van der Waals surface area contributed by atoms with Gasteiger partial charge in [-0.2, -0.15) is 0 Å². The number of allylic oxidation sites excluding steroid dienone is 2. The number of benzene rings is 4. The Bertz CT molecular complexity index is 2010. The first kappa shape index (κ1) is 29.0. The van der Waals surface area contributed by atoms with E-state index in [-0.39, 0.29) is 21.5 Å². The van der Waals surface area contributed by atoms with Crippen molar-refractivity contribution < 1.29 is 9.59 Å². The summed E-state index contributed by atoms with van der Waals surface area (Å²) >= 11 is 17.2. The normalized spacial score (nSPS) is 13.9. The van der Waals surface area contributed by atoms with Gasteiger partial charge in [0.15, 0.2) is 0 Å². The zero-order valence-corrected chi connectivity index (χ0v) is 28.1. The number of fused-ring (bicyclic) bond motifs is 6. The topological polar surface area (TPSA) is 68.1 Å². The highest BCUT2D eigenvalue weighted by molar-refractivity contribution is 15.0. The number of hydrogen-bond donors (Lipinski definition) is 2. The molecule has 2 aromatic heterocycles. The van der Waals surface area contributed by atoms with Crippen LogP contribution < -0.4 is 10.6 Å². The minimum atomic E-state index is -0.557. The number of aryl methyl sites for hydroxylation is 2. The van der Waals surface area contributed by atoms with E-state index in [1.165, 1.54) is 0 Å². The van der Waals surface area contributed by atoms with Crippen LogP contribution in [-0.4, -0.2) is 20.7 Å². The zero-order chi connectivity index (χ0) is 29.7. The van der Waals surface area contributed by atoms with Gasteiger partial charge >= 0.3 is 0 Å². The summed E-state index contributed by atoms with van der Waals surface area (Å²) in [6, 6.07) is 27.7. The van der Waals surface area contributed by atoms with Crippen molar-refractivity contribution in [2.24, 2.45) is 14.1 Å². The van der Waals surface area contributed by atoms with E-state index in [0.717, 1.165) is 43.6 Å². The molecule has 0 atom stereocenters. The van der Waals surface area contributed by atoms with E-state index >= 15 is 0 Å². The van der Waals surface area contributed by atoms with E-state index in [2.05, 4.69) is 81.3 Å². The third-order valence-electron chi connectivity index (χ3n) is 7.66. The van der Waals surface area contributed by atoms with Gasteiger partial charge in [0.05, 0.1) is 0 Å². The molecule has 0 spiro atoms. The van der Waals surface area contributed by atoms with Gasteiger partial charge in [0.1, 0.15) is 21.5 Å². The Labute approximate surface area is 274 Å². The van der Waals surface area contributed by atoms with Gasteiger partial charge in [-0.1, -0.05) is 59.6 Å². The van der Waals surface area contributed by atoms with Crippen molar-refractivity contribution >= 4 is 127 Å². The summed E-state index contributed by atoms with van der Waals surface area (Å²) in [5.41, 5.74) is 5.44. The van der Waals surface area contributed by atoms with Crippen LogP contribution in [0.15, 0.2) is 106 Å². The van der Waals surface area contributed by atoms with Crippen molar-refractivity contribution in [2.45, 2.75) is 0 Å². The van der Waals surface area contributed by atoms with E-state index in [1.807, 2.05) is 74.8 Å². The lowest BCUT2D eigenvalue weighted by molar-refractivity contribution is -0.115. The maximum Gasteiger partial charge on any atom is 0.224 e. The molecule has 0 saturated carbocycles. The molecule has 1 aliphatic carbocycles. The highest BCUT2D eigenvalue weighted by Crippen LogP contribution is 2.35. The van der Waals surface area contributed by atoms with Gasteiger partial charge in [0.2, 0.25) is 11.6 Å². The average molecular weight is 819 g/mol. The van der Waals surface area contributed by atoms with Gasteiger partial charge < -0.3 is 19.8 Å². The maximum atomic E-state index is 13.4. The Morgan fingerprint density at radius 1 is 0.548 bits per heavy atom. The molecule has 6 aromatic rings. The molecule has 6 nitrogen and oxygen atoms in total. The van der Waals surface area contributed by atoms with Crippen LogP contribution in [0.5, 0.6) is 0 Å². The molecule has 0 aliphatic heterocycles. The molecule has 210 valence electrons. The smallest absolute Gasteiger partial charge is 0.224 e. The Balaban J connectivity index is 0.00000155. The van der Waals surface area contributed by atoms with Gasteiger partial charge in [-0.05, 0) is 48.5 Å². The third-order valence-corrected chi connectivity index (χ3v) is 8.38. The van der Waals surface area contributed by atoms with E-state index in [4.69, 9.17) is 23.2 Å². The molecule has 42 heavy (non-hydrogen) atoms. The number of hydrogen-bond acceptors (Lipinski definition) is 4. The summed E-state index contributed by atoms with van der Waals surface area (Å²) in [7, 11) is 4.02. The number of carbonyl (C=O) groups excluding carboxylic acids is 2. The number of ketones is 2. The molecule has 4 aromatic carbocycles. The van der Waals surface area contributed by atoms with Crippen LogP contribution in [0.2, 0.25) is 0 Å². The largest absolute Gasteiger partial charge is 0.351 e. The number of para-hydroxylation sites is 2. The van der Waals surface area contributed by atoms with Gasteiger partial charge in [-0.15, -0.1) is 0 Å². The van der Waals surface area contributed by atoms with Gasteiger partial charge in [0, 0.05) is 106 Å². The molecular weight excluding hydrogens is 797 g/mol. The van der Waals surface area contributed by atoms with Gasteiger partial charge in [-0.3, -0.25) is 9.59 Å². The Hall–Kier alpha value is -3.06. The van der Waals surface area contributed by atoms with Crippen molar-refractivity contribution in [3.63, 3.8) is 0 Å². The monoisotopic (exact) mass is 818 g/mol.